The van der Waals surface area contributed by atoms with Gasteiger partial charge in [0.2, 0.25) is 10.0 Å². The molecule has 1 aromatic carbocycles. The minimum Gasteiger partial charge on any atom is -0.480 e. The third kappa shape index (κ3) is 5.71. The lowest BCUT2D eigenvalue weighted by molar-refractivity contribution is -0.139. The van der Waals surface area contributed by atoms with E-state index >= 15 is 0 Å². The number of carbonyl (C=O) groups is 1. The predicted octanol–water partition coefficient (Wildman–Crippen LogP) is 2.35. The molecule has 0 saturated heterocycles. The van der Waals surface area contributed by atoms with Gasteiger partial charge in [-0.3, -0.25) is 4.79 Å². The molecule has 130 valence electrons. The van der Waals surface area contributed by atoms with Crippen LogP contribution < -0.4 is 9.46 Å². The summed E-state index contributed by atoms with van der Waals surface area (Å²) in [4.78, 5) is 10.5. The number of ether oxygens (including phenoxy) is 1. The summed E-state index contributed by atoms with van der Waals surface area (Å²) < 4.78 is 67.6. The molecule has 0 aliphatic carbocycles. The van der Waals surface area contributed by atoms with Crippen LogP contribution in [0.3, 0.4) is 0 Å². The fraction of sp³-hybridized carbons (Fsp3) is 0.462. The van der Waals surface area contributed by atoms with Crippen molar-refractivity contribution in [3.05, 3.63) is 24.0 Å². The summed E-state index contributed by atoms with van der Waals surface area (Å²) in [5.74, 6) is -3.46. The molecule has 0 spiro atoms. The van der Waals surface area contributed by atoms with Gasteiger partial charge in [0.25, 0.3) is 0 Å². The largest absolute Gasteiger partial charge is 0.480 e. The highest BCUT2D eigenvalue weighted by molar-refractivity contribution is 7.89. The van der Waals surface area contributed by atoms with Crippen LogP contribution in [0.4, 0.5) is 13.2 Å². The molecule has 0 radical (unpaired) electrons. The molecule has 10 heteroatoms. The van der Waals surface area contributed by atoms with Gasteiger partial charge in [0.15, 0.2) is 11.6 Å². The Morgan fingerprint density at radius 2 is 2.04 bits per heavy atom. The Kier molecular flexibility index (Phi) is 6.82. The molecule has 1 aromatic rings. The van der Waals surface area contributed by atoms with E-state index in [0.717, 1.165) is 12.1 Å². The summed E-state index contributed by atoms with van der Waals surface area (Å²) in [6.07, 6.45) is 1.22. The van der Waals surface area contributed by atoms with Crippen molar-refractivity contribution in [2.45, 2.75) is 43.7 Å². The highest BCUT2D eigenvalue weighted by atomic mass is 32.2. The van der Waals surface area contributed by atoms with E-state index in [2.05, 4.69) is 4.74 Å². The van der Waals surface area contributed by atoms with Gasteiger partial charge < -0.3 is 9.84 Å². The molecule has 0 heterocycles. The van der Waals surface area contributed by atoms with Crippen molar-refractivity contribution < 1.29 is 36.2 Å². The fourth-order valence-corrected chi connectivity index (χ4v) is 2.97. The zero-order valence-electron chi connectivity index (χ0n) is 12.1. The molecule has 0 fully saturated rings. The van der Waals surface area contributed by atoms with E-state index in [1.807, 2.05) is 11.6 Å². The maximum absolute atomic E-state index is 13.6. The molecule has 6 nitrogen and oxygen atoms in total. The Hall–Kier alpha value is -1.81. The van der Waals surface area contributed by atoms with Crippen LogP contribution in [-0.4, -0.2) is 32.1 Å². The van der Waals surface area contributed by atoms with Crippen molar-refractivity contribution in [1.29, 1.82) is 0 Å². The average molecular weight is 355 g/mol. The lowest BCUT2D eigenvalue weighted by Gasteiger charge is -2.15. The number of alkyl halides is 2. The summed E-state index contributed by atoms with van der Waals surface area (Å²) in [5, 5.41) is 9.00. The second kappa shape index (κ2) is 8.16. The monoisotopic (exact) mass is 355 g/mol. The van der Waals surface area contributed by atoms with Crippen molar-refractivity contribution in [2.24, 2.45) is 0 Å². The first-order chi connectivity index (χ1) is 10.7. The van der Waals surface area contributed by atoms with E-state index in [1.54, 1.807) is 0 Å². The molecular weight excluding hydrogens is 339 g/mol. The number of halogens is 3. The molecule has 0 bridgehead atoms. The number of unbranched alkanes of at least 4 members (excludes halogenated alkanes) is 1. The molecule has 0 aliphatic rings. The molecule has 23 heavy (non-hydrogen) atoms. The number of nitrogens with one attached hydrogen (secondary N) is 1. The van der Waals surface area contributed by atoms with Crippen molar-refractivity contribution in [3.8, 4) is 5.75 Å². The number of carboxylic acids is 1. The van der Waals surface area contributed by atoms with E-state index in [0.29, 0.717) is 18.9 Å². The number of aliphatic carboxylic acids is 1. The van der Waals surface area contributed by atoms with Crippen LogP contribution in [-0.2, 0) is 14.8 Å². The molecule has 0 aromatic heterocycles. The number of carboxylic acid groups (broad SMARTS) is 1. The van der Waals surface area contributed by atoms with Gasteiger partial charge in [-0.15, -0.1) is 0 Å². The Bertz CT molecular complexity index is 651. The second-order valence-corrected chi connectivity index (χ2v) is 6.34. The Morgan fingerprint density at radius 1 is 1.39 bits per heavy atom. The van der Waals surface area contributed by atoms with E-state index in [9.17, 15) is 26.4 Å². The van der Waals surface area contributed by atoms with Crippen molar-refractivity contribution in [2.75, 3.05) is 0 Å². The van der Waals surface area contributed by atoms with Crippen molar-refractivity contribution in [3.63, 3.8) is 0 Å². The quantitative estimate of drug-likeness (QED) is 0.709. The molecule has 0 saturated carbocycles. The SMILES string of the molecule is CCCCC(NS(=O)(=O)c1ccc(OC(F)F)c(F)c1)C(=O)O. The topological polar surface area (TPSA) is 92.7 Å². The van der Waals surface area contributed by atoms with Crippen LogP contribution in [0.15, 0.2) is 23.1 Å². The van der Waals surface area contributed by atoms with E-state index < -0.39 is 45.1 Å². The van der Waals surface area contributed by atoms with Crippen LogP contribution in [0.1, 0.15) is 26.2 Å². The smallest absolute Gasteiger partial charge is 0.387 e. The minimum atomic E-state index is -4.32. The first-order valence-electron chi connectivity index (χ1n) is 6.67. The van der Waals surface area contributed by atoms with E-state index in [-0.39, 0.29) is 6.42 Å². The number of rotatable bonds is 9. The summed E-state index contributed by atoms with van der Waals surface area (Å²) in [7, 11) is -4.32. The predicted molar refractivity (Wildman–Crippen MR) is 74.3 cm³/mol. The molecule has 2 N–H and O–H groups in total. The second-order valence-electron chi connectivity index (χ2n) is 4.63. The average Bonchev–Trinajstić information content (AvgIpc) is 2.44. The van der Waals surface area contributed by atoms with Crippen LogP contribution >= 0.6 is 0 Å². The molecule has 1 unspecified atom stereocenters. The van der Waals surface area contributed by atoms with Gasteiger partial charge in [-0.25, -0.2) is 12.8 Å². The van der Waals surface area contributed by atoms with Crippen molar-refractivity contribution in [1.82, 2.24) is 4.72 Å². The number of benzene rings is 1. The maximum Gasteiger partial charge on any atom is 0.387 e. The summed E-state index contributed by atoms with van der Waals surface area (Å²) in [6.45, 7) is -1.44. The maximum atomic E-state index is 13.6. The van der Waals surface area contributed by atoms with Crippen LogP contribution in [0.25, 0.3) is 0 Å². The highest BCUT2D eigenvalue weighted by Gasteiger charge is 2.26. The van der Waals surface area contributed by atoms with Gasteiger partial charge >= 0.3 is 12.6 Å². The third-order valence-electron chi connectivity index (χ3n) is 2.87. The Morgan fingerprint density at radius 3 is 2.52 bits per heavy atom. The van der Waals surface area contributed by atoms with E-state index in [1.165, 1.54) is 0 Å². The molecular formula is C13H16F3NO5S. The van der Waals surface area contributed by atoms with Crippen LogP contribution in [0.2, 0.25) is 0 Å². The molecule has 1 atom stereocenters. The molecule has 0 amide bonds. The normalized spacial score (nSPS) is 13.1. The first-order valence-corrected chi connectivity index (χ1v) is 8.15. The number of hydrogen-bond acceptors (Lipinski definition) is 4. The van der Waals surface area contributed by atoms with Crippen LogP contribution in [0.5, 0.6) is 5.75 Å². The third-order valence-corrected chi connectivity index (χ3v) is 4.34. The van der Waals surface area contributed by atoms with Gasteiger partial charge in [0, 0.05) is 0 Å². The Balaban J connectivity index is 2.99. The highest BCUT2D eigenvalue weighted by Crippen LogP contribution is 2.23. The van der Waals surface area contributed by atoms with Gasteiger partial charge in [-0.05, 0) is 24.6 Å². The van der Waals surface area contributed by atoms with E-state index in [4.69, 9.17) is 5.11 Å². The minimum absolute atomic E-state index is 0.0696. The zero-order chi connectivity index (χ0) is 17.6. The zero-order valence-corrected chi connectivity index (χ0v) is 12.9. The summed E-state index contributed by atoms with van der Waals surface area (Å²) in [5.41, 5.74) is 0. The lowest BCUT2D eigenvalue weighted by Crippen LogP contribution is -2.40. The fourth-order valence-electron chi connectivity index (χ4n) is 1.74. The lowest BCUT2D eigenvalue weighted by atomic mass is 10.1. The standard InChI is InChI=1S/C13H16F3NO5S/c1-2-3-4-10(12(18)19)17-23(20,21)8-5-6-11(9(14)7-8)22-13(15)16/h5-7,10,13,17H,2-4H2,1H3,(H,18,19). The molecule has 0 aliphatic heterocycles. The van der Waals surface area contributed by atoms with Gasteiger partial charge in [0.1, 0.15) is 6.04 Å². The number of sulfonamides is 1. The van der Waals surface area contributed by atoms with Gasteiger partial charge in [0.05, 0.1) is 4.90 Å². The van der Waals surface area contributed by atoms with Crippen molar-refractivity contribution >= 4 is 16.0 Å². The summed E-state index contributed by atoms with van der Waals surface area (Å²) >= 11 is 0. The van der Waals surface area contributed by atoms with Gasteiger partial charge in [-0.1, -0.05) is 19.8 Å². The Labute approximate surface area is 131 Å². The first kappa shape index (κ1) is 19.2. The number of hydrogen-bond donors (Lipinski definition) is 2. The molecule has 1 rings (SSSR count). The van der Waals surface area contributed by atoms with Gasteiger partial charge in [-0.2, -0.15) is 13.5 Å². The van der Waals surface area contributed by atoms with Crippen LogP contribution in [0, 0.1) is 5.82 Å². The summed E-state index contributed by atoms with van der Waals surface area (Å²) in [6, 6.07) is 0.707.